The fourth-order valence-electron chi connectivity index (χ4n) is 1.59. The Labute approximate surface area is 113 Å². The average molecular weight is 263 g/mol. The SMILES string of the molecule is Cc1cc(N)cc(C(=O)NCC(=O)NCC(C)C)c1. The average Bonchev–Trinajstić information content (AvgIpc) is 2.32. The molecule has 0 spiro atoms. The number of nitrogen functional groups attached to an aromatic ring is 1. The van der Waals surface area contributed by atoms with E-state index in [-0.39, 0.29) is 18.4 Å². The molecule has 19 heavy (non-hydrogen) atoms. The Bertz CT molecular complexity index is 450. The summed E-state index contributed by atoms with van der Waals surface area (Å²) < 4.78 is 0. The fourth-order valence-corrected chi connectivity index (χ4v) is 1.59. The van der Waals surface area contributed by atoms with Gasteiger partial charge in [0.15, 0.2) is 0 Å². The minimum absolute atomic E-state index is 0.0284. The van der Waals surface area contributed by atoms with Gasteiger partial charge in [-0.15, -0.1) is 0 Å². The van der Waals surface area contributed by atoms with Crippen LogP contribution in [0.15, 0.2) is 18.2 Å². The van der Waals surface area contributed by atoms with Crippen LogP contribution in [-0.4, -0.2) is 24.9 Å². The number of rotatable bonds is 5. The first-order valence-corrected chi connectivity index (χ1v) is 6.30. The van der Waals surface area contributed by atoms with E-state index in [0.717, 1.165) is 5.56 Å². The summed E-state index contributed by atoms with van der Waals surface area (Å²) in [6.07, 6.45) is 0. The molecule has 1 aromatic rings. The molecule has 0 atom stereocenters. The Kier molecular flexibility index (Phi) is 5.36. The summed E-state index contributed by atoms with van der Waals surface area (Å²) in [5.41, 5.74) is 7.59. The summed E-state index contributed by atoms with van der Waals surface area (Å²) in [5, 5.41) is 5.30. The van der Waals surface area contributed by atoms with Gasteiger partial charge in [-0.2, -0.15) is 0 Å². The molecule has 0 aliphatic carbocycles. The highest BCUT2D eigenvalue weighted by Crippen LogP contribution is 2.10. The summed E-state index contributed by atoms with van der Waals surface area (Å²) in [6, 6.07) is 5.11. The van der Waals surface area contributed by atoms with Crippen LogP contribution in [0.1, 0.15) is 29.8 Å². The third-order valence-corrected chi connectivity index (χ3v) is 2.48. The molecule has 0 saturated carbocycles. The van der Waals surface area contributed by atoms with Crippen LogP contribution in [0.2, 0.25) is 0 Å². The van der Waals surface area contributed by atoms with Crippen molar-refractivity contribution in [3.8, 4) is 0 Å². The first-order chi connectivity index (χ1) is 8.88. The van der Waals surface area contributed by atoms with E-state index in [9.17, 15) is 9.59 Å². The van der Waals surface area contributed by atoms with E-state index in [2.05, 4.69) is 10.6 Å². The second kappa shape index (κ2) is 6.78. The van der Waals surface area contributed by atoms with E-state index in [1.807, 2.05) is 20.8 Å². The molecule has 5 nitrogen and oxygen atoms in total. The summed E-state index contributed by atoms with van der Waals surface area (Å²) in [5.74, 6) is -0.103. The van der Waals surface area contributed by atoms with Crippen LogP contribution in [-0.2, 0) is 4.79 Å². The van der Waals surface area contributed by atoms with E-state index < -0.39 is 0 Å². The van der Waals surface area contributed by atoms with E-state index in [4.69, 9.17) is 5.73 Å². The van der Waals surface area contributed by atoms with Gasteiger partial charge in [0.1, 0.15) is 0 Å². The van der Waals surface area contributed by atoms with E-state index in [1.54, 1.807) is 18.2 Å². The Morgan fingerprint density at radius 2 is 1.89 bits per heavy atom. The highest BCUT2D eigenvalue weighted by molar-refractivity contribution is 5.97. The zero-order chi connectivity index (χ0) is 14.4. The van der Waals surface area contributed by atoms with E-state index in [0.29, 0.717) is 23.7 Å². The summed E-state index contributed by atoms with van der Waals surface area (Å²) in [7, 11) is 0. The highest BCUT2D eigenvalue weighted by Gasteiger charge is 2.09. The lowest BCUT2D eigenvalue weighted by atomic mass is 10.1. The minimum Gasteiger partial charge on any atom is -0.399 e. The van der Waals surface area contributed by atoms with Crippen LogP contribution in [0.4, 0.5) is 5.69 Å². The Hall–Kier alpha value is -2.04. The monoisotopic (exact) mass is 263 g/mol. The predicted molar refractivity (Wildman–Crippen MR) is 75.8 cm³/mol. The number of hydrogen-bond donors (Lipinski definition) is 3. The van der Waals surface area contributed by atoms with Crippen molar-refractivity contribution in [1.82, 2.24) is 10.6 Å². The number of amides is 2. The van der Waals surface area contributed by atoms with Crippen LogP contribution >= 0.6 is 0 Å². The summed E-state index contributed by atoms with van der Waals surface area (Å²) >= 11 is 0. The molecule has 0 radical (unpaired) electrons. The van der Waals surface area contributed by atoms with Gasteiger partial charge in [0.2, 0.25) is 5.91 Å². The van der Waals surface area contributed by atoms with Crippen LogP contribution in [0.25, 0.3) is 0 Å². The van der Waals surface area contributed by atoms with Crippen LogP contribution in [0.5, 0.6) is 0 Å². The molecule has 0 aromatic heterocycles. The maximum Gasteiger partial charge on any atom is 0.251 e. The molecule has 0 aliphatic rings. The van der Waals surface area contributed by atoms with Crippen molar-refractivity contribution in [1.29, 1.82) is 0 Å². The van der Waals surface area contributed by atoms with Gasteiger partial charge in [-0.1, -0.05) is 13.8 Å². The van der Waals surface area contributed by atoms with E-state index in [1.165, 1.54) is 0 Å². The molecule has 0 heterocycles. The highest BCUT2D eigenvalue weighted by atomic mass is 16.2. The van der Waals surface area contributed by atoms with E-state index >= 15 is 0 Å². The molecule has 104 valence electrons. The number of nitrogens with one attached hydrogen (secondary N) is 2. The number of nitrogens with two attached hydrogens (primary N) is 1. The Morgan fingerprint density at radius 3 is 2.47 bits per heavy atom. The quantitative estimate of drug-likeness (QED) is 0.695. The molecule has 1 aromatic carbocycles. The minimum atomic E-state index is -0.296. The van der Waals surface area contributed by atoms with Crippen molar-refractivity contribution in [3.63, 3.8) is 0 Å². The number of aryl methyl sites for hydroxylation is 1. The zero-order valence-electron chi connectivity index (χ0n) is 11.6. The van der Waals surface area contributed by atoms with Crippen molar-refractivity contribution in [2.45, 2.75) is 20.8 Å². The fraction of sp³-hybridized carbons (Fsp3) is 0.429. The van der Waals surface area contributed by atoms with Gasteiger partial charge in [-0.3, -0.25) is 9.59 Å². The molecule has 0 fully saturated rings. The van der Waals surface area contributed by atoms with Crippen LogP contribution in [0, 0.1) is 12.8 Å². The normalized spacial score (nSPS) is 10.3. The third kappa shape index (κ3) is 5.42. The van der Waals surface area contributed by atoms with Gasteiger partial charge in [-0.05, 0) is 36.6 Å². The number of carbonyl (C=O) groups is 2. The first kappa shape index (κ1) is 15.0. The summed E-state index contributed by atoms with van der Waals surface area (Å²) in [4.78, 5) is 23.3. The molecule has 4 N–H and O–H groups in total. The molecular formula is C14H21N3O2. The number of carbonyl (C=O) groups excluding carboxylic acids is 2. The second-order valence-electron chi connectivity index (χ2n) is 5.01. The van der Waals surface area contributed by atoms with Crippen LogP contribution in [0.3, 0.4) is 0 Å². The Morgan fingerprint density at radius 1 is 1.21 bits per heavy atom. The lowest BCUT2D eigenvalue weighted by Gasteiger charge is -2.09. The molecule has 1 rings (SSSR count). The molecular weight excluding hydrogens is 242 g/mol. The largest absolute Gasteiger partial charge is 0.399 e. The standard InChI is InChI=1S/C14H21N3O2/c1-9(2)7-16-13(18)8-17-14(19)11-4-10(3)5-12(15)6-11/h4-6,9H,7-8,15H2,1-3H3,(H,16,18)(H,17,19). The predicted octanol–water partition coefficient (Wildman–Crippen LogP) is 1.08. The van der Waals surface area contributed by atoms with Crippen molar-refractivity contribution < 1.29 is 9.59 Å². The second-order valence-corrected chi connectivity index (χ2v) is 5.01. The van der Waals surface area contributed by atoms with Crippen LogP contribution < -0.4 is 16.4 Å². The first-order valence-electron chi connectivity index (χ1n) is 6.30. The molecule has 0 unspecified atom stereocenters. The zero-order valence-corrected chi connectivity index (χ0v) is 11.6. The molecule has 0 aliphatic heterocycles. The number of anilines is 1. The lowest BCUT2D eigenvalue weighted by Crippen LogP contribution is -2.38. The maximum atomic E-state index is 11.8. The topological polar surface area (TPSA) is 84.2 Å². The van der Waals surface area contributed by atoms with Crippen molar-refractivity contribution in [2.24, 2.45) is 5.92 Å². The van der Waals surface area contributed by atoms with Gasteiger partial charge in [0.25, 0.3) is 5.91 Å². The van der Waals surface area contributed by atoms with Gasteiger partial charge >= 0.3 is 0 Å². The smallest absolute Gasteiger partial charge is 0.251 e. The third-order valence-electron chi connectivity index (χ3n) is 2.48. The maximum absolute atomic E-state index is 11.8. The van der Waals surface area contributed by atoms with Gasteiger partial charge in [0.05, 0.1) is 6.54 Å². The van der Waals surface area contributed by atoms with Gasteiger partial charge in [-0.25, -0.2) is 0 Å². The molecule has 5 heteroatoms. The van der Waals surface area contributed by atoms with Gasteiger partial charge < -0.3 is 16.4 Å². The Balaban J connectivity index is 2.49. The van der Waals surface area contributed by atoms with Crippen molar-refractivity contribution in [2.75, 3.05) is 18.8 Å². The molecule has 0 bridgehead atoms. The van der Waals surface area contributed by atoms with Crippen molar-refractivity contribution >= 4 is 17.5 Å². The van der Waals surface area contributed by atoms with Gasteiger partial charge in [0, 0.05) is 17.8 Å². The molecule has 0 saturated heterocycles. The number of benzene rings is 1. The lowest BCUT2D eigenvalue weighted by molar-refractivity contribution is -0.120. The number of hydrogen-bond acceptors (Lipinski definition) is 3. The molecule has 2 amide bonds. The van der Waals surface area contributed by atoms with Crippen molar-refractivity contribution in [3.05, 3.63) is 29.3 Å². The summed E-state index contributed by atoms with van der Waals surface area (Å²) in [6.45, 7) is 6.46.